The Morgan fingerprint density at radius 1 is 1.67 bits per heavy atom. The fourth-order valence-corrected chi connectivity index (χ4v) is 0.655. The summed E-state index contributed by atoms with van der Waals surface area (Å²) in [4.78, 5) is 1.93. The van der Waals surface area contributed by atoms with Crippen LogP contribution in [0.2, 0.25) is 0 Å². The quantitative estimate of drug-likeness (QED) is 0.422. The molecule has 1 N–H and O–H groups in total. The molecule has 0 rings (SSSR count). The summed E-state index contributed by atoms with van der Waals surface area (Å²) in [6, 6.07) is 0. The van der Waals surface area contributed by atoms with Crippen molar-refractivity contribution in [3.8, 4) is 0 Å². The van der Waals surface area contributed by atoms with Crippen LogP contribution >= 0.6 is 9.39 Å². The summed E-state index contributed by atoms with van der Waals surface area (Å²) in [5.74, 6) is 0. The molecule has 0 heterocycles. The maximum atomic E-state index is 3.71. The minimum atomic E-state index is 0. The maximum Gasteiger partial charge on any atom is 0 e. The molecule has 4 heteroatoms. The predicted octanol–water partition coefficient (Wildman–Crippen LogP) is 0.477. The minimum absolute atomic E-state index is 0. The van der Waals surface area contributed by atoms with Crippen LogP contribution in [0.3, 0.4) is 0 Å². The van der Waals surface area contributed by atoms with E-state index in [0.717, 1.165) is 19.5 Å². The summed E-state index contributed by atoms with van der Waals surface area (Å²) in [5.41, 5.74) is 0. The van der Waals surface area contributed by atoms with Gasteiger partial charge in [0.2, 0.25) is 0 Å². The van der Waals surface area contributed by atoms with Gasteiger partial charge in [-0.15, -0.1) is 0 Å². The largest absolute Gasteiger partial charge is 0.462 e. The van der Waals surface area contributed by atoms with Gasteiger partial charge in [-0.25, -0.2) is 0 Å². The van der Waals surface area contributed by atoms with Gasteiger partial charge in [-0.1, -0.05) is 9.39 Å². The minimum Gasteiger partial charge on any atom is -0.462 e. The number of hydrogen-bond acceptors (Lipinski definition) is 2. The molecule has 0 aliphatic rings. The van der Waals surface area contributed by atoms with Gasteiger partial charge in [-0.3, -0.25) is 7.05 Å². The molecule has 0 aromatic rings. The van der Waals surface area contributed by atoms with E-state index in [2.05, 4.69) is 21.5 Å². The van der Waals surface area contributed by atoms with Gasteiger partial charge >= 0.3 is 0 Å². The third-order valence-corrected chi connectivity index (χ3v) is 1.15. The van der Waals surface area contributed by atoms with Crippen molar-refractivity contribution in [2.45, 2.75) is 6.42 Å². The van der Waals surface area contributed by atoms with E-state index in [9.17, 15) is 0 Å². The Balaban J connectivity index is 0. The van der Waals surface area contributed by atoms with E-state index in [4.69, 9.17) is 0 Å². The van der Waals surface area contributed by atoms with Crippen molar-refractivity contribution in [3.05, 3.63) is 7.05 Å². The molecule has 0 aliphatic heterocycles. The predicted molar refractivity (Wildman–Crippen MR) is 40.3 cm³/mol. The van der Waals surface area contributed by atoms with E-state index in [1.165, 1.54) is 0 Å². The molecule has 1 radical (unpaired) electrons. The third-order valence-electron chi connectivity index (χ3n) is 0.861. The van der Waals surface area contributed by atoms with Crippen LogP contribution in [-0.4, -0.2) is 25.0 Å². The van der Waals surface area contributed by atoms with Gasteiger partial charge in [0.15, 0.2) is 0 Å². The van der Waals surface area contributed by atoms with Gasteiger partial charge in [-0.2, -0.15) is 0 Å². The van der Waals surface area contributed by atoms with Crippen molar-refractivity contribution in [1.82, 2.24) is 9.99 Å². The van der Waals surface area contributed by atoms with Gasteiger partial charge in [0.1, 0.15) is 0 Å². The summed E-state index contributed by atoms with van der Waals surface area (Å²) >= 11 is 0. The maximum absolute atomic E-state index is 3.71. The van der Waals surface area contributed by atoms with Crippen molar-refractivity contribution in [3.63, 3.8) is 0 Å². The summed E-state index contributed by atoms with van der Waals surface area (Å²) in [6.07, 6.45) is 1.16. The zero-order valence-electron chi connectivity index (χ0n) is 5.93. The molecule has 0 aliphatic carbocycles. The Morgan fingerprint density at radius 3 is 2.56 bits per heavy atom. The number of rotatable bonds is 4. The topological polar surface area (TPSA) is 15.3 Å². The van der Waals surface area contributed by atoms with Crippen molar-refractivity contribution in [2.75, 3.05) is 20.1 Å². The van der Waals surface area contributed by atoms with Crippen molar-refractivity contribution in [2.24, 2.45) is 0 Å². The molecule has 0 aromatic carbocycles. The molecular formula is C5H14N2PY-. The van der Waals surface area contributed by atoms with Crippen LogP contribution in [0, 0.1) is 7.05 Å². The zero-order valence-corrected chi connectivity index (χ0v) is 9.92. The SMILES string of the molecule is [CH2-]N(C)CCCNP.[Y]. The standard InChI is InChI=1S/C5H14N2P.Y/c1-7(2)5-3-4-6-8;/h6H,1,3-5,8H2,2H3;/q-1;. The Hall–Kier alpha value is 1.45. The molecule has 0 saturated heterocycles. The molecule has 0 aromatic heterocycles. The normalized spacial score (nSPS) is 9.33. The molecule has 0 amide bonds. The number of nitrogens with zero attached hydrogens (tertiary/aromatic N) is 1. The first kappa shape index (κ1) is 13.1. The third kappa shape index (κ3) is 12.6. The molecule has 0 bridgehead atoms. The van der Waals surface area contributed by atoms with Crippen LogP contribution in [0.15, 0.2) is 0 Å². The molecule has 53 valence electrons. The van der Waals surface area contributed by atoms with Crippen LogP contribution in [-0.2, 0) is 32.7 Å². The Kier molecular flexibility index (Phi) is 13.7. The van der Waals surface area contributed by atoms with Gasteiger partial charge in [0, 0.05) is 32.7 Å². The van der Waals surface area contributed by atoms with Gasteiger partial charge < -0.3 is 9.99 Å². The zero-order chi connectivity index (χ0) is 6.41. The van der Waals surface area contributed by atoms with Crippen LogP contribution in [0.1, 0.15) is 6.42 Å². The Labute approximate surface area is 85.3 Å². The molecule has 1 atom stereocenters. The van der Waals surface area contributed by atoms with Gasteiger partial charge in [0.05, 0.1) is 0 Å². The van der Waals surface area contributed by atoms with Crippen LogP contribution < -0.4 is 5.09 Å². The van der Waals surface area contributed by atoms with E-state index in [1.54, 1.807) is 0 Å². The summed E-state index contributed by atoms with van der Waals surface area (Å²) in [7, 11) is 8.16. The first-order valence-corrected chi connectivity index (χ1v) is 3.30. The van der Waals surface area contributed by atoms with Gasteiger partial charge in [0.25, 0.3) is 0 Å². The average Bonchev–Trinajstić information content (AvgIpc) is 1.66. The van der Waals surface area contributed by atoms with Crippen molar-refractivity contribution in [1.29, 1.82) is 0 Å². The van der Waals surface area contributed by atoms with Crippen LogP contribution in [0.4, 0.5) is 0 Å². The summed E-state index contributed by atoms with van der Waals surface area (Å²) < 4.78 is 0. The first-order valence-electron chi connectivity index (χ1n) is 2.72. The molecule has 1 unspecified atom stereocenters. The Morgan fingerprint density at radius 2 is 2.22 bits per heavy atom. The first-order chi connectivity index (χ1) is 3.77. The molecule has 9 heavy (non-hydrogen) atoms. The second kappa shape index (κ2) is 9.45. The van der Waals surface area contributed by atoms with Crippen molar-refractivity contribution >= 4 is 9.39 Å². The monoisotopic (exact) mass is 222 g/mol. The molecule has 0 saturated carbocycles. The fraction of sp³-hybridized carbons (Fsp3) is 0.800. The van der Waals surface area contributed by atoms with Gasteiger partial charge in [-0.05, 0) is 26.6 Å². The fourth-order valence-electron chi connectivity index (χ4n) is 0.451. The average molecular weight is 222 g/mol. The second-order valence-corrected chi connectivity index (χ2v) is 2.30. The number of nitrogens with one attached hydrogen (secondary N) is 1. The van der Waals surface area contributed by atoms with E-state index in [-0.39, 0.29) is 32.7 Å². The summed E-state index contributed by atoms with van der Waals surface area (Å²) in [5, 5.41) is 2.99. The molecular weight excluding hydrogens is 208 g/mol. The van der Waals surface area contributed by atoms with Crippen LogP contribution in [0.5, 0.6) is 0 Å². The Bertz CT molecular complexity index is 52.2. The smallest absolute Gasteiger partial charge is 0 e. The molecule has 0 fully saturated rings. The molecule has 0 spiro atoms. The second-order valence-electron chi connectivity index (χ2n) is 1.89. The van der Waals surface area contributed by atoms with E-state index >= 15 is 0 Å². The number of hydrogen-bond donors (Lipinski definition) is 1. The molecule has 2 nitrogen and oxygen atoms in total. The van der Waals surface area contributed by atoms with Crippen molar-refractivity contribution < 1.29 is 32.7 Å². The summed E-state index contributed by atoms with van der Waals surface area (Å²) in [6.45, 7) is 2.10. The van der Waals surface area contributed by atoms with E-state index < -0.39 is 0 Å². The van der Waals surface area contributed by atoms with E-state index in [1.807, 2.05) is 11.9 Å². The van der Waals surface area contributed by atoms with Crippen LogP contribution in [0.25, 0.3) is 0 Å². The van der Waals surface area contributed by atoms with E-state index in [0.29, 0.717) is 0 Å².